The number of nitrogens with zero attached hydrogens (tertiary/aromatic N) is 1. The van der Waals surface area contributed by atoms with Crippen LogP contribution < -0.4 is 0 Å². The van der Waals surface area contributed by atoms with Gasteiger partial charge in [-0.1, -0.05) is 0 Å². The van der Waals surface area contributed by atoms with Gasteiger partial charge in [-0.05, 0) is 6.07 Å². The fourth-order valence-corrected chi connectivity index (χ4v) is 1.79. The molecule has 72 valence electrons. The highest BCUT2D eigenvalue weighted by atomic mass is 35.7. The molecule has 1 rings (SSSR count). The van der Waals surface area contributed by atoms with E-state index < -0.39 is 25.9 Å². The molecule has 0 aliphatic heterocycles. The zero-order chi connectivity index (χ0) is 10.1. The number of hydrogen-bond donors (Lipinski definition) is 0. The van der Waals surface area contributed by atoms with Crippen LogP contribution in [-0.2, 0) is 9.05 Å². The van der Waals surface area contributed by atoms with Crippen LogP contribution in [0.25, 0.3) is 0 Å². The van der Waals surface area contributed by atoms with E-state index in [4.69, 9.17) is 10.7 Å². The van der Waals surface area contributed by atoms with E-state index >= 15 is 0 Å². The predicted octanol–water partition coefficient (Wildman–Crippen LogP) is 1.95. The smallest absolute Gasteiger partial charge is 0.263 e. The maximum absolute atomic E-state index is 12.2. The minimum Gasteiger partial charge on any atom is -0.263 e. The molecule has 0 saturated carbocycles. The molecule has 13 heavy (non-hydrogen) atoms. The highest BCUT2D eigenvalue weighted by Crippen LogP contribution is 2.27. The van der Waals surface area contributed by atoms with Crippen LogP contribution in [0.4, 0.5) is 8.78 Å². The van der Waals surface area contributed by atoms with Gasteiger partial charge in [-0.3, -0.25) is 4.98 Å². The molecular formula is C6H4ClF2NO2S. The highest BCUT2D eigenvalue weighted by molar-refractivity contribution is 8.13. The summed E-state index contributed by atoms with van der Waals surface area (Å²) in [4.78, 5) is 2.75. The van der Waals surface area contributed by atoms with Crippen LogP contribution >= 0.6 is 10.7 Å². The molecule has 0 unspecified atom stereocenters. The Hall–Kier alpha value is -0.750. The molecule has 0 fully saturated rings. The molecule has 0 aromatic carbocycles. The van der Waals surface area contributed by atoms with Crippen LogP contribution in [0, 0.1) is 0 Å². The molecule has 3 nitrogen and oxygen atoms in total. The third kappa shape index (κ3) is 2.35. The summed E-state index contributed by atoms with van der Waals surface area (Å²) in [7, 11) is 0.758. The van der Waals surface area contributed by atoms with E-state index in [2.05, 4.69) is 4.98 Å². The summed E-state index contributed by atoms with van der Waals surface area (Å²) in [5.74, 6) is 0. The summed E-state index contributed by atoms with van der Waals surface area (Å²) in [6.07, 6.45) is -1.01. The molecule has 0 bridgehead atoms. The fraction of sp³-hybridized carbons (Fsp3) is 0.167. The summed E-state index contributed by atoms with van der Waals surface area (Å²) in [5, 5.41) is 0. The molecule has 0 spiro atoms. The van der Waals surface area contributed by atoms with E-state index in [9.17, 15) is 17.2 Å². The standard InChI is InChI=1S/C6H4ClF2NO2S/c7-13(11,12)5-3-10-2-1-4(5)6(8)9/h1-3,6H. The van der Waals surface area contributed by atoms with Gasteiger partial charge in [0.2, 0.25) is 0 Å². The van der Waals surface area contributed by atoms with Gasteiger partial charge >= 0.3 is 0 Å². The zero-order valence-corrected chi connectivity index (χ0v) is 7.69. The monoisotopic (exact) mass is 227 g/mol. The lowest BCUT2D eigenvalue weighted by Gasteiger charge is -2.03. The van der Waals surface area contributed by atoms with E-state index in [1.165, 1.54) is 0 Å². The average molecular weight is 228 g/mol. The molecule has 0 saturated heterocycles. The lowest BCUT2D eigenvalue weighted by molar-refractivity contribution is 0.148. The fourth-order valence-electron chi connectivity index (χ4n) is 0.775. The maximum atomic E-state index is 12.2. The first-order valence-electron chi connectivity index (χ1n) is 3.09. The van der Waals surface area contributed by atoms with Crippen molar-refractivity contribution in [3.63, 3.8) is 0 Å². The summed E-state index contributed by atoms with van der Waals surface area (Å²) in [6.45, 7) is 0. The molecule has 0 aliphatic rings. The molecule has 0 radical (unpaired) electrons. The van der Waals surface area contributed by atoms with Crippen molar-refractivity contribution in [2.75, 3.05) is 0 Å². The van der Waals surface area contributed by atoms with Crippen LogP contribution in [-0.4, -0.2) is 13.4 Å². The van der Waals surface area contributed by atoms with Crippen molar-refractivity contribution in [1.82, 2.24) is 4.98 Å². The van der Waals surface area contributed by atoms with Gasteiger partial charge in [0, 0.05) is 28.6 Å². The Bertz CT molecular complexity index is 407. The first kappa shape index (κ1) is 10.3. The van der Waals surface area contributed by atoms with Crippen molar-refractivity contribution in [3.05, 3.63) is 24.0 Å². The maximum Gasteiger partial charge on any atom is 0.265 e. The van der Waals surface area contributed by atoms with E-state index in [1.54, 1.807) is 0 Å². The number of hydrogen-bond acceptors (Lipinski definition) is 3. The van der Waals surface area contributed by atoms with E-state index in [-0.39, 0.29) is 0 Å². The second-order valence-corrected chi connectivity index (χ2v) is 4.69. The third-order valence-electron chi connectivity index (χ3n) is 1.31. The number of alkyl halides is 2. The second-order valence-electron chi connectivity index (χ2n) is 2.15. The van der Waals surface area contributed by atoms with E-state index in [0.717, 1.165) is 18.5 Å². The van der Waals surface area contributed by atoms with Gasteiger partial charge in [0.25, 0.3) is 15.5 Å². The Morgan fingerprint density at radius 1 is 1.46 bits per heavy atom. The Labute approximate surface area is 77.8 Å². The van der Waals surface area contributed by atoms with Crippen LogP contribution in [0.15, 0.2) is 23.4 Å². The number of rotatable bonds is 2. The van der Waals surface area contributed by atoms with Gasteiger partial charge in [0.1, 0.15) is 4.90 Å². The van der Waals surface area contributed by atoms with Crippen molar-refractivity contribution in [2.45, 2.75) is 11.3 Å². The molecule has 0 atom stereocenters. The lowest BCUT2D eigenvalue weighted by atomic mass is 10.3. The minimum absolute atomic E-state index is 0.634. The molecule has 7 heteroatoms. The zero-order valence-electron chi connectivity index (χ0n) is 6.12. The molecule has 1 aromatic heterocycles. The van der Waals surface area contributed by atoms with Gasteiger partial charge in [-0.15, -0.1) is 0 Å². The molecule has 1 heterocycles. The summed E-state index contributed by atoms with van der Waals surface area (Å²) in [6, 6.07) is 0.917. The lowest BCUT2D eigenvalue weighted by Crippen LogP contribution is -1.99. The van der Waals surface area contributed by atoms with Gasteiger partial charge < -0.3 is 0 Å². The molecule has 0 amide bonds. The highest BCUT2D eigenvalue weighted by Gasteiger charge is 2.21. The Morgan fingerprint density at radius 3 is 2.46 bits per heavy atom. The molecule has 1 aromatic rings. The van der Waals surface area contributed by atoms with Gasteiger partial charge in [-0.25, -0.2) is 17.2 Å². The van der Waals surface area contributed by atoms with Crippen LogP contribution in [0.5, 0.6) is 0 Å². The molecular weight excluding hydrogens is 224 g/mol. The van der Waals surface area contributed by atoms with Crippen LogP contribution in [0.3, 0.4) is 0 Å². The quantitative estimate of drug-likeness (QED) is 0.726. The average Bonchev–Trinajstić information content (AvgIpc) is 2.03. The largest absolute Gasteiger partial charge is 0.265 e. The summed E-state index contributed by atoms with van der Waals surface area (Å²) < 4.78 is 45.9. The molecule has 0 aliphatic carbocycles. The van der Waals surface area contributed by atoms with E-state index in [1.807, 2.05) is 0 Å². The van der Waals surface area contributed by atoms with Crippen molar-refractivity contribution in [2.24, 2.45) is 0 Å². The third-order valence-corrected chi connectivity index (χ3v) is 2.68. The topological polar surface area (TPSA) is 47.0 Å². The Balaban J connectivity index is 3.37. The van der Waals surface area contributed by atoms with Crippen molar-refractivity contribution in [3.8, 4) is 0 Å². The van der Waals surface area contributed by atoms with Gasteiger partial charge in [0.15, 0.2) is 0 Å². The SMILES string of the molecule is O=S(=O)(Cl)c1cnccc1C(F)F. The van der Waals surface area contributed by atoms with Crippen molar-refractivity contribution in [1.29, 1.82) is 0 Å². The Kier molecular flexibility index (Phi) is 2.82. The van der Waals surface area contributed by atoms with E-state index in [0.29, 0.717) is 0 Å². The number of halogens is 3. The first-order chi connectivity index (χ1) is 5.93. The van der Waals surface area contributed by atoms with Crippen LogP contribution in [0.2, 0.25) is 0 Å². The van der Waals surface area contributed by atoms with Crippen molar-refractivity contribution >= 4 is 19.7 Å². The minimum atomic E-state index is -4.15. The number of pyridine rings is 1. The van der Waals surface area contributed by atoms with Gasteiger partial charge in [0.05, 0.1) is 0 Å². The summed E-state index contributed by atoms with van der Waals surface area (Å²) >= 11 is 0. The second kappa shape index (κ2) is 3.55. The normalized spacial score (nSPS) is 12.0. The summed E-state index contributed by atoms with van der Waals surface area (Å²) in [5.41, 5.74) is -0.634. The number of aromatic nitrogens is 1. The molecule has 0 N–H and O–H groups in total. The predicted molar refractivity (Wildman–Crippen MR) is 42.2 cm³/mol. The van der Waals surface area contributed by atoms with Gasteiger partial charge in [-0.2, -0.15) is 0 Å². The first-order valence-corrected chi connectivity index (χ1v) is 5.40. The van der Waals surface area contributed by atoms with Crippen molar-refractivity contribution < 1.29 is 17.2 Å². The Morgan fingerprint density at radius 2 is 2.08 bits per heavy atom. The van der Waals surface area contributed by atoms with Crippen LogP contribution in [0.1, 0.15) is 12.0 Å².